The molecular weight excluding hydrogens is 591 g/mol. The smallest absolute Gasteiger partial charge is 0.462 e. The van der Waals surface area contributed by atoms with Crippen molar-refractivity contribution in [2.45, 2.75) is 193 Å². The number of carbonyl (C=O) groups is 2. The van der Waals surface area contributed by atoms with Gasteiger partial charge in [0.2, 0.25) is 0 Å². The molecule has 0 bridgehead atoms. The number of phosphoric ester groups is 1. The Morgan fingerprint density at radius 2 is 0.933 bits per heavy atom. The van der Waals surface area contributed by atoms with Gasteiger partial charge in [0, 0.05) is 12.8 Å². The van der Waals surface area contributed by atoms with E-state index in [1.807, 2.05) is 0 Å². The number of esters is 2. The van der Waals surface area contributed by atoms with Crippen molar-refractivity contribution in [2.24, 2.45) is 0 Å². The van der Waals surface area contributed by atoms with Gasteiger partial charge in [-0.25, -0.2) is 4.57 Å². The predicted octanol–water partition coefficient (Wildman–Crippen LogP) is 10.7. The fraction of sp³-hybridized carbons (Fsp3) is 0.889. The lowest BCUT2D eigenvalue weighted by Crippen LogP contribution is -2.29. The number of unbranched alkanes of at least 4 members (excludes halogenated alkanes) is 22. The molecule has 0 saturated heterocycles. The van der Waals surface area contributed by atoms with Crippen LogP contribution in [-0.4, -0.2) is 41.0 Å². The van der Waals surface area contributed by atoms with Crippen LogP contribution in [0.5, 0.6) is 0 Å². The Labute approximate surface area is 276 Å². The van der Waals surface area contributed by atoms with Gasteiger partial charge in [0.15, 0.2) is 6.10 Å². The molecule has 0 heterocycles. The molecule has 9 heteroatoms. The zero-order chi connectivity index (χ0) is 33.3. The van der Waals surface area contributed by atoms with Gasteiger partial charge in [-0.05, 0) is 38.5 Å². The lowest BCUT2D eigenvalue weighted by atomic mass is 10.0. The van der Waals surface area contributed by atoms with Crippen LogP contribution in [0.25, 0.3) is 0 Å². The van der Waals surface area contributed by atoms with E-state index in [1.165, 1.54) is 109 Å². The molecular formula is C36H69O8P. The topological polar surface area (TPSA) is 119 Å². The number of hydrogen-bond donors (Lipinski definition) is 2. The maximum atomic E-state index is 12.3. The maximum absolute atomic E-state index is 12.3. The summed E-state index contributed by atoms with van der Waals surface area (Å²) < 4.78 is 26.0. The van der Waals surface area contributed by atoms with Crippen LogP contribution in [-0.2, 0) is 28.2 Å². The fourth-order valence-corrected chi connectivity index (χ4v) is 5.61. The van der Waals surface area contributed by atoms with E-state index in [4.69, 9.17) is 19.3 Å². The van der Waals surface area contributed by atoms with E-state index in [1.54, 1.807) is 0 Å². The second kappa shape index (κ2) is 32.7. The predicted molar refractivity (Wildman–Crippen MR) is 184 cm³/mol. The molecule has 266 valence electrons. The summed E-state index contributed by atoms with van der Waals surface area (Å²) in [5.74, 6) is -0.900. The molecule has 0 aliphatic rings. The molecule has 8 nitrogen and oxygen atoms in total. The van der Waals surface area contributed by atoms with Crippen LogP contribution in [0.3, 0.4) is 0 Å². The molecule has 0 aliphatic heterocycles. The Bertz CT molecular complexity index is 751. The minimum atomic E-state index is -4.73. The standard InChI is InChI=1S/C36H69O8P/c1-3-5-7-9-10-11-12-13-14-15-16-17-18-19-20-21-22-23-24-25-26-27-29-31-36(38)44-34(33-43-45(39,40)41)32-42-35(37)30-28-8-6-4-2/h15-16,34H,3-14,17-33H2,1-2H3,(H2,39,40,41)/b16-15-. The summed E-state index contributed by atoms with van der Waals surface area (Å²) in [5.41, 5.74) is 0. The quantitative estimate of drug-likeness (QED) is 0.0303. The molecule has 0 rings (SSSR count). The first kappa shape index (κ1) is 43.8. The number of hydrogen-bond acceptors (Lipinski definition) is 6. The number of ether oxygens (including phenoxy) is 2. The van der Waals surface area contributed by atoms with Gasteiger partial charge >= 0.3 is 19.8 Å². The summed E-state index contributed by atoms with van der Waals surface area (Å²) in [4.78, 5) is 42.2. The van der Waals surface area contributed by atoms with E-state index in [0.29, 0.717) is 12.8 Å². The highest BCUT2D eigenvalue weighted by Gasteiger charge is 2.22. The van der Waals surface area contributed by atoms with E-state index in [-0.39, 0.29) is 19.4 Å². The largest absolute Gasteiger partial charge is 0.469 e. The molecule has 0 aliphatic carbocycles. The first-order valence-electron chi connectivity index (χ1n) is 18.5. The number of allylic oxidation sites excluding steroid dienone is 2. The molecule has 0 radical (unpaired) electrons. The van der Waals surface area contributed by atoms with Crippen LogP contribution in [0.2, 0.25) is 0 Å². The molecule has 0 saturated carbocycles. The normalized spacial score (nSPS) is 12.5. The van der Waals surface area contributed by atoms with Crippen molar-refractivity contribution >= 4 is 19.8 Å². The van der Waals surface area contributed by atoms with E-state index < -0.39 is 32.5 Å². The molecule has 1 atom stereocenters. The van der Waals surface area contributed by atoms with Crippen LogP contribution in [0.4, 0.5) is 0 Å². The molecule has 0 aromatic rings. The number of rotatable bonds is 34. The summed E-state index contributed by atoms with van der Waals surface area (Å²) in [6, 6.07) is 0. The monoisotopic (exact) mass is 660 g/mol. The van der Waals surface area contributed by atoms with Gasteiger partial charge in [-0.2, -0.15) is 0 Å². The average molecular weight is 661 g/mol. The summed E-state index contributed by atoms with van der Waals surface area (Å²) in [5, 5.41) is 0. The Morgan fingerprint density at radius 1 is 0.556 bits per heavy atom. The number of phosphoric acid groups is 1. The maximum Gasteiger partial charge on any atom is 0.469 e. The summed E-state index contributed by atoms with van der Waals surface area (Å²) in [7, 11) is -4.73. The van der Waals surface area contributed by atoms with Crippen LogP contribution >= 0.6 is 7.82 Å². The van der Waals surface area contributed by atoms with Crippen molar-refractivity contribution in [1.82, 2.24) is 0 Å². The van der Waals surface area contributed by atoms with Gasteiger partial charge in [-0.1, -0.05) is 148 Å². The second-order valence-corrected chi connectivity index (χ2v) is 13.8. The van der Waals surface area contributed by atoms with E-state index in [9.17, 15) is 14.2 Å². The molecule has 2 N–H and O–H groups in total. The number of carbonyl (C=O) groups excluding carboxylic acids is 2. The molecule has 1 unspecified atom stereocenters. The Hall–Kier alpha value is -1.21. The third kappa shape index (κ3) is 35.5. The lowest BCUT2D eigenvalue weighted by Gasteiger charge is -2.18. The third-order valence-corrected chi connectivity index (χ3v) is 8.52. The molecule has 0 aromatic carbocycles. The van der Waals surface area contributed by atoms with Crippen molar-refractivity contribution in [2.75, 3.05) is 13.2 Å². The summed E-state index contributed by atoms with van der Waals surface area (Å²) in [6.07, 6.45) is 34.4. The highest BCUT2D eigenvalue weighted by Crippen LogP contribution is 2.36. The van der Waals surface area contributed by atoms with Gasteiger partial charge in [0.05, 0.1) is 6.61 Å². The van der Waals surface area contributed by atoms with Crippen LogP contribution < -0.4 is 0 Å². The van der Waals surface area contributed by atoms with Gasteiger partial charge in [0.1, 0.15) is 6.61 Å². The molecule has 0 fully saturated rings. The van der Waals surface area contributed by atoms with Gasteiger partial charge in [-0.15, -0.1) is 0 Å². The zero-order valence-corrected chi connectivity index (χ0v) is 29.9. The summed E-state index contributed by atoms with van der Waals surface area (Å²) in [6.45, 7) is 3.54. The Balaban J connectivity index is 3.71. The van der Waals surface area contributed by atoms with E-state index in [2.05, 4.69) is 30.5 Å². The fourth-order valence-electron chi connectivity index (χ4n) is 5.25. The van der Waals surface area contributed by atoms with Crippen LogP contribution in [0.15, 0.2) is 12.2 Å². The minimum absolute atomic E-state index is 0.214. The van der Waals surface area contributed by atoms with Gasteiger partial charge in [-0.3, -0.25) is 14.1 Å². The van der Waals surface area contributed by atoms with E-state index in [0.717, 1.165) is 38.5 Å². The minimum Gasteiger partial charge on any atom is -0.462 e. The van der Waals surface area contributed by atoms with Crippen molar-refractivity contribution in [3.63, 3.8) is 0 Å². The van der Waals surface area contributed by atoms with Crippen molar-refractivity contribution in [3.05, 3.63) is 12.2 Å². The SMILES string of the molecule is CCCCCCCCCC/C=C\CCCCCCCCCCCCCC(=O)OC(COC(=O)CCCCCC)COP(=O)(O)O. The van der Waals surface area contributed by atoms with Crippen LogP contribution in [0, 0.1) is 0 Å². The van der Waals surface area contributed by atoms with Crippen LogP contribution in [0.1, 0.15) is 187 Å². The Kier molecular flexibility index (Phi) is 31.8. The molecule has 0 amide bonds. The first-order chi connectivity index (χ1) is 21.8. The zero-order valence-electron chi connectivity index (χ0n) is 29.0. The van der Waals surface area contributed by atoms with Crippen molar-refractivity contribution < 1.29 is 37.9 Å². The molecule has 0 aromatic heterocycles. The van der Waals surface area contributed by atoms with E-state index >= 15 is 0 Å². The van der Waals surface area contributed by atoms with Gasteiger partial charge < -0.3 is 19.3 Å². The highest BCUT2D eigenvalue weighted by atomic mass is 31.2. The van der Waals surface area contributed by atoms with Crippen molar-refractivity contribution in [1.29, 1.82) is 0 Å². The second-order valence-electron chi connectivity index (χ2n) is 12.6. The highest BCUT2D eigenvalue weighted by molar-refractivity contribution is 7.46. The van der Waals surface area contributed by atoms with Gasteiger partial charge in [0.25, 0.3) is 0 Å². The lowest BCUT2D eigenvalue weighted by molar-refractivity contribution is -0.161. The van der Waals surface area contributed by atoms with Crippen molar-refractivity contribution in [3.8, 4) is 0 Å². The first-order valence-corrected chi connectivity index (χ1v) is 20.0. The summed E-state index contributed by atoms with van der Waals surface area (Å²) >= 11 is 0. The Morgan fingerprint density at radius 3 is 1.38 bits per heavy atom. The average Bonchev–Trinajstić information content (AvgIpc) is 3.00. The molecule has 45 heavy (non-hydrogen) atoms. The third-order valence-electron chi connectivity index (χ3n) is 8.03. The molecule has 0 spiro atoms.